The van der Waals surface area contributed by atoms with E-state index in [9.17, 15) is 0 Å². The number of methoxy groups -OCH3 is 1. The highest BCUT2D eigenvalue weighted by molar-refractivity contribution is 7.13. The summed E-state index contributed by atoms with van der Waals surface area (Å²) in [6.07, 6.45) is 1.18. The highest BCUT2D eigenvalue weighted by Crippen LogP contribution is 2.31. The highest BCUT2D eigenvalue weighted by atomic mass is 32.1. The van der Waals surface area contributed by atoms with Crippen LogP contribution < -0.4 is 10.5 Å². The van der Waals surface area contributed by atoms with Crippen LogP contribution in [0.25, 0.3) is 10.6 Å². The Morgan fingerprint density at radius 2 is 2.14 bits per heavy atom. The fraction of sp³-hybridized carbons (Fsp3) is 0.471. The van der Waals surface area contributed by atoms with Crippen molar-refractivity contribution in [3.05, 3.63) is 35.3 Å². The van der Waals surface area contributed by atoms with Crippen LogP contribution in [0.3, 0.4) is 0 Å². The molecule has 0 radical (unpaired) electrons. The number of hydrogen-bond acceptors (Lipinski definition) is 5. The second kappa shape index (κ2) is 6.36. The first-order valence-corrected chi connectivity index (χ1v) is 8.51. The smallest absolute Gasteiger partial charge is 0.123 e. The van der Waals surface area contributed by atoms with Gasteiger partial charge >= 0.3 is 0 Å². The lowest BCUT2D eigenvalue weighted by Crippen LogP contribution is -2.31. The van der Waals surface area contributed by atoms with Crippen LogP contribution in [0, 0.1) is 5.41 Å². The molecular formula is C17H23N3OS. The average Bonchev–Trinajstić information content (AvgIpc) is 3.16. The summed E-state index contributed by atoms with van der Waals surface area (Å²) in [6.45, 7) is 6.14. The fourth-order valence-electron chi connectivity index (χ4n) is 2.90. The predicted molar refractivity (Wildman–Crippen MR) is 91.2 cm³/mol. The van der Waals surface area contributed by atoms with Gasteiger partial charge in [-0.05, 0) is 49.2 Å². The zero-order valence-electron chi connectivity index (χ0n) is 13.2. The molecular weight excluding hydrogens is 294 g/mol. The summed E-state index contributed by atoms with van der Waals surface area (Å²) in [4.78, 5) is 7.24. The number of nitrogens with two attached hydrogens (primary N) is 1. The van der Waals surface area contributed by atoms with Gasteiger partial charge in [-0.1, -0.05) is 6.92 Å². The highest BCUT2D eigenvalue weighted by Gasteiger charge is 2.32. The third kappa shape index (κ3) is 3.32. The second-order valence-electron chi connectivity index (χ2n) is 6.35. The van der Waals surface area contributed by atoms with E-state index in [1.165, 1.54) is 6.42 Å². The van der Waals surface area contributed by atoms with Crippen molar-refractivity contribution in [3.63, 3.8) is 0 Å². The Morgan fingerprint density at radius 3 is 2.77 bits per heavy atom. The third-order valence-electron chi connectivity index (χ3n) is 4.40. The molecule has 0 saturated carbocycles. The first-order chi connectivity index (χ1) is 10.6. The molecule has 1 fully saturated rings. The molecule has 1 aliphatic rings. The molecule has 118 valence electrons. The largest absolute Gasteiger partial charge is 0.497 e. The Balaban J connectivity index is 1.66. The standard InChI is InChI=1S/C17H23N3OS/c1-17(11-18)7-8-20(12-17)9-14-10-22-16(19-14)13-3-5-15(21-2)6-4-13/h3-6,10H,7-9,11-12,18H2,1-2H3. The van der Waals surface area contributed by atoms with E-state index in [1.807, 2.05) is 12.1 Å². The number of ether oxygens (including phenoxy) is 1. The van der Waals surface area contributed by atoms with Crippen molar-refractivity contribution in [2.45, 2.75) is 19.9 Å². The molecule has 22 heavy (non-hydrogen) atoms. The van der Waals surface area contributed by atoms with Gasteiger partial charge in [-0.15, -0.1) is 11.3 Å². The molecule has 1 aliphatic heterocycles. The van der Waals surface area contributed by atoms with Crippen molar-refractivity contribution < 1.29 is 4.74 Å². The third-order valence-corrected chi connectivity index (χ3v) is 5.34. The molecule has 1 aromatic carbocycles. The van der Waals surface area contributed by atoms with Crippen LogP contribution in [0.1, 0.15) is 19.0 Å². The molecule has 2 heterocycles. The molecule has 0 bridgehead atoms. The van der Waals surface area contributed by atoms with Gasteiger partial charge in [0, 0.05) is 24.0 Å². The molecule has 0 amide bonds. The number of benzene rings is 1. The molecule has 0 aliphatic carbocycles. The lowest BCUT2D eigenvalue weighted by atomic mass is 9.90. The van der Waals surface area contributed by atoms with E-state index < -0.39 is 0 Å². The lowest BCUT2D eigenvalue weighted by Gasteiger charge is -2.22. The second-order valence-corrected chi connectivity index (χ2v) is 7.21. The van der Waals surface area contributed by atoms with Gasteiger partial charge in [0.15, 0.2) is 0 Å². The Hall–Kier alpha value is -1.43. The average molecular weight is 317 g/mol. The van der Waals surface area contributed by atoms with Crippen LogP contribution in [0.4, 0.5) is 0 Å². The maximum absolute atomic E-state index is 5.88. The molecule has 1 aromatic heterocycles. The lowest BCUT2D eigenvalue weighted by molar-refractivity contribution is 0.272. The summed E-state index contributed by atoms with van der Waals surface area (Å²) in [5.74, 6) is 0.874. The van der Waals surface area contributed by atoms with Crippen molar-refractivity contribution >= 4 is 11.3 Å². The Morgan fingerprint density at radius 1 is 1.36 bits per heavy atom. The van der Waals surface area contributed by atoms with Gasteiger partial charge in [0.05, 0.1) is 12.8 Å². The van der Waals surface area contributed by atoms with Gasteiger partial charge in [0.1, 0.15) is 10.8 Å². The van der Waals surface area contributed by atoms with Crippen LogP contribution in [-0.4, -0.2) is 36.6 Å². The van der Waals surface area contributed by atoms with E-state index in [4.69, 9.17) is 15.5 Å². The maximum atomic E-state index is 5.88. The monoisotopic (exact) mass is 317 g/mol. The normalized spacial score (nSPS) is 22.1. The predicted octanol–water partition coefficient (Wildman–Crippen LogP) is 2.99. The molecule has 0 spiro atoms. The van der Waals surface area contributed by atoms with Crippen LogP contribution in [-0.2, 0) is 6.54 Å². The quantitative estimate of drug-likeness (QED) is 0.921. The number of nitrogens with zero attached hydrogens (tertiary/aromatic N) is 2. The van der Waals surface area contributed by atoms with Crippen LogP contribution in [0.2, 0.25) is 0 Å². The first kappa shape index (κ1) is 15.5. The number of hydrogen-bond donors (Lipinski definition) is 1. The zero-order valence-corrected chi connectivity index (χ0v) is 14.0. The van der Waals surface area contributed by atoms with Gasteiger partial charge in [-0.2, -0.15) is 0 Å². The van der Waals surface area contributed by atoms with E-state index >= 15 is 0 Å². The summed E-state index contributed by atoms with van der Waals surface area (Å²) < 4.78 is 5.20. The molecule has 1 saturated heterocycles. The minimum atomic E-state index is 0.273. The van der Waals surface area contributed by atoms with Gasteiger partial charge in [-0.3, -0.25) is 4.90 Å². The molecule has 2 N–H and O–H groups in total. The molecule has 4 nitrogen and oxygen atoms in total. The van der Waals surface area contributed by atoms with E-state index in [0.717, 1.165) is 48.2 Å². The Labute approximate surface area is 135 Å². The zero-order chi connectivity index (χ0) is 15.6. The molecule has 1 atom stereocenters. The van der Waals surface area contributed by atoms with Gasteiger partial charge < -0.3 is 10.5 Å². The summed E-state index contributed by atoms with van der Waals surface area (Å²) in [5, 5.41) is 3.23. The van der Waals surface area contributed by atoms with Crippen LogP contribution >= 0.6 is 11.3 Å². The van der Waals surface area contributed by atoms with E-state index in [0.29, 0.717) is 0 Å². The summed E-state index contributed by atoms with van der Waals surface area (Å²) >= 11 is 1.70. The maximum Gasteiger partial charge on any atom is 0.123 e. The molecule has 1 unspecified atom stereocenters. The van der Waals surface area contributed by atoms with Crippen LogP contribution in [0.5, 0.6) is 5.75 Å². The minimum Gasteiger partial charge on any atom is -0.497 e. The fourth-order valence-corrected chi connectivity index (χ4v) is 3.72. The molecule has 3 rings (SSSR count). The van der Waals surface area contributed by atoms with Crippen molar-refractivity contribution in [1.82, 2.24) is 9.88 Å². The van der Waals surface area contributed by atoms with Gasteiger partial charge in [0.2, 0.25) is 0 Å². The number of likely N-dealkylation sites (tertiary alicyclic amines) is 1. The minimum absolute atomic E-state index is 0.273. The van der Waals surface area contributed by atoms with Gasteiger partial charge in [-0.25, -0.2) is 4.98 Å². The number of aromatic nitrogens is 1. The van der Waals surface area contributed by atoms with Crippen LogP contribution in [0.15, 0.2) is 29.6 Å². The number of rotatable bonds is 5. The van der Waals surface area contributed by atoms with E-state index in [2.05, 4.69) is 29.3 Å². The van der Waals surface area contributed by atoms with E-state index in [1.54, 1.807) is 18.4 Å². The van der Waals surface area contributed by atoms with Gasteiger partial charge in [0.25, 0.3) is 0 Å². The summed E-state index contributed by atoms with van der Waals surface area (Å²) in [6, 6.07) is 8.07. The Kier molecular flexibility index (Phi) is 4.47. The summed E-state index contributed by atoms with van der Waals surface area (Å²) in [7, 11) is 1.68. The van der Waals surface area contributed by atoms with Crippen molar-refractivity contribution in [3.8, 4) is 16.3 Å². The number of thiazole rings is 1. The summed E-state index contributed by atoms with van der Waals surface area (Å²) in [5.41, 5.74) is 8.44. The van der Waals surface area contributed by atoms with Crippen molar-refractivity contribution in [1.29, 1.82) is 0 Å². The topological polar surface area (TPSA) is 51.4 Å². The van der Waals surface area contributed by atoms with Crippen molar-refractivity contribution in [2.75, 3.05) is 26.7 Å². The van der Waals surface area contributed by atoms with Crippen molar-refractivity contribution in [2.24, 2.45) is 11.1 Å². The van der Waals surface area contributed by atoms with E-state index in [-0.39, 0.29) is 5.41 Å². The Bertz CT molecular complexity index is 625. The molecule has 5 heteroatoms. The SMILES string of the molecule is COc1ccc(-c2nc(CN3CCC(C)(CN)C3)cs2)cc1. The first-order valence-electron chi connectivity index (χ1n) is 7.63. The molecule has 2 aromatic rings.